The van der Waals surface area contributed by atoms with Crippen LogP contribution in [0.3, 0.4) is 0 Å². The standard InChI is InChI=1S/C49H97N3O5/c1-5-8-11-14-17-18-19-25-33-43-56-48(54)38-30-26-32-42-52(45(4)44-51-47(53)37-34-40-50)41-31-24-20-23-29-39-49(55)57-46(35-27-21-15-12-9-6-2)36-28-22-16-13-10-7-3/h45-46H,5-44,50H2,1-4H3,(H,51,53). The van der Waals surface area contributed by atoms with Gasteiger partial charge >= 0.3 is 11.9 Å². The molecule has 0 radical (unpaired) electrons. The number of esters is 2. The first kappa shape index (κ1) is 55.3. The summed E-state index contributed by atoms with van der Waals surface area (Å²) < 4.78 is 11.6. The fourth-order valence-electron chi connectivity index (χ4n) is 7.65. The van der Waals surface area contributed by atoms with Gasteiger partial charge in [0.1, 0.15) is 6.10 Å². The van der Waals surface area contributed by atoms with Gasteiger partial charge < -0.3 is 20.5 Å². The Hall–Kier alpha value is -1.67. The van der Waals surface area contributed by atoms with E-state index >= 15 is 0 Å². The highest BCUT2D eigenvalue weighted by Crippen LogP contribution is 2.19. The Bertz CT molecular complexity index is 871. The molecule has 0 aliphatic heterocycles. The molecule has 0 aromatic carbocycles. The van der Waals surface area contributed by atoms with Crippen molar-refractivity contribution in [1.82, 2.24) is 10.2 Å². The van der Waals surface area contributed by atoms with Crippen LogP contribution in [0.2, 0.25) is 0 Å². The molecule has 0 fully saturated rings. The second-order valence-electron chi connectivity index (χ2n) is 17.2. The van der Waals surface area contributed by atoms with Gasteiger partial charge in [0.25, 0.3) is 0 Å². The predicted molar refractivity (Wildman–Crippen MR) is 243 cm³/mol. The Labute approximate surface area is 354 Å². The summed E-state index contributed by atoms with van der Waals surface area (Å²) in [6.45, 7) is 12.6. The van der Waals surface area contributed by atoms with Gasteiger partial charge in [0, 0.05) is 31.8 Å². The molecule has 0 spiro atoms. The average Bonchev–Trinajstić information content (AvgIpc) is 3.20. The van der Waals surface area contributed by atoms with E-state index in [1.807, 2.05) is 0 Å². The van der Waals surface area contributed by atoms with Crippen LogP contribution in [0.15, 0.2) is 0 Å². The number of rotatable bonds is 45. The molecular weight excluding hydrogens is 711 g/mol. The summed E-state index contributed by atoms with van der Waals surface area (Å²) >= 11 is 0. The molecule has 57 heavy (non-hydrogen) atoms. The SMILES string of the molecule is CCCCCCCCCCCOC(=O)CCCCCN(CCCCCCCC(=O)OC(CCCCCCCC)CCCCCCCC)C(C)CNC(=O)CCCN. The van der Waals surface area contributed by atoms with Crippen LogP contribution in [-0.2, 0) is 23.9 Å². The minimum atomic E-state index is -0.0607. The van der Waals surface area contributed by atoms with Crippen LogP contribution in [0.1, 0.15) is 252 Å². The summed E-state index contributed by atoms with van der Waals surface area (Å²) in [4.78, 5) is 39.9. The number of hydrogen-bond donors (Lipinski definition) is 2. The van der Waals surface area contributed by atoms with Crippen LogP contribution in [0.5, 0.6) is 0 Å². The van der Waals surface area contributed by atoms with Crippen LogP contribution in [0.4, 0.5) is 0 Å². The maximum atomic E-state index is 12.8. The number of carbonyl (C=O) groups is 3. The number of amides is 1. The number of nitrogens with one attached hydrogen (secondary N) is 1. The number of nitrogens with zero attached hydrogens (tertiary/aromatic N) is 1. The van der Waals surface area contributed by atoms with Crippen LogP contribution in [0.25, 0.3) is 0 Å². The van der Waals surface area contributed by atoms with Crippen molar-refractivity contribution in [3.05, 3.63) is 0 Å². The minimum absolute atomic E-state index is 0.00228. The second-order valence-corrected chi connectivity index (χ2v) is 17.2. The largest absolute Gasteiger partial charge is 0.466 e. The fraction of sp³-hybridized carbons (Fsp3) is 0.939. The lowest BCUT2D eigenvalue weighted by Crippen LogP contribution is -2.43. The Morgan fingerprint density at radius 3 is 1.44 bits per heavy atom. The molecule has 0 aliphatic carbocycles. The molecule has 0 aromatic rings. The molecule has 8 nitrogen and oxygen atoms in total. The van der Waals surface area contributed by atoms with Crippen molar-refractivity contribution in [2.45, 2.75) is 265 Å². The van der Waals surface area contributed by atoms with Crippen molar-refractivity contribution in [1.29, 1.82) is 0 Å². The summed E-state index contributed by atoms with van der Waals surface area (Å²) in [5.41, 5.74) is 5.60. The molecule has 3 N–H and O–H groups in total. The van der Waals surface area contributed by atoms with E-state index in [0.29, 0.717) is 45.4 Å². The highest BCUT2D eigenvalue weighted by atomic mass is 16.5. The number of carbonyl (C=O) groups excluding carboxylic acids is 3. The Morgan fingerprint density at radius 2 is 0.930 bits per heavy atom. The van der Waals surface area contributed by atoms with Crippen LogP contribution >= 0.6 is 0 Å². The molecular formula is C49H97N3O5. The monoisotopic (exact) mass is 808 g/mol. The lowest BCUT2D eigenvalue weighted by molar-refractivity contribution is -0.150. The van der Waals surface area contributed by atoms with Crippen molar-refractivity contribution in [3.63, 3.8) is 0 Å². The summed E-state index contributed by atoms with van der Waals surface area (Å²) in [6.07, 6.45) is 39.1. The topological polar surface area (TPSA) is 111 Å². The molecule has 0 saturated heterocycles. The normalized spacial score (nSPS) is 12.1. The highest BCUT2D eigenvalue weighted by Gasteiger charge is 2.16. The zero-order valence-corrected chi connectivity index (χ0v) is 38.5. The lowest BCUT2D eigenvalue weighted by atomic mass is 10.0. The summed E-state index contributed by atoms with van der Waals surface area (Å²) in [7, 11) is 0. The third kappa shape index (κ3) is 39.6. The van der Waals surface area contributed by atoms with Crippen LogP contribution in [-0.4, -0.2) is 67.7 Å². The van der Waals surface area contributed by atoms with Gasteiger partial charge in [0.2, 0.25) is 5.91 Å². The Kier molecular flexibility index (Phi) is 42.6. The molecule has 338 valence electrons. The summed E-state index contributed by atoms with van der Waals surface area (Å²) in [6, 6.07) is 0.239. The van der Waals surface area contributed by atoms with E-state index in [0.717, 1.165) is 90.1 Å². The zero-order chi connectivity index (χ0) is 41.9. The molecule has 0 bridgehead atoms. The second kappa shape index (κ2) is 43.9. The van der Waals surface area contributed by atoms with Crippen molar-refractivity contribution >= 4 is 17.8 Å². The average molecular weight is 808 g/mol. The molecule has 1 unspecified atom stereocenters. The van der Waals surface area contributed by atoms with E-state index in [4.69, 9.17) is 15.2 Å². The van der Waals surface area contributed by atoms with E-state index in [1.165, 1.54) is 122 Å². The van der Waals surface area contributed by atoms with E-state index in [9.17, 15) is 14.4 Å². The first-order valence-electron chi connectivity index (χ1n) is 24.9. The number of ether oxygens (including phenoxy) is 2. The van der Waals surface area contributed by atoms with Crippen molar-refractivity contribution in [3.8, 4) is 0 Å². The highest BCUT2D eigenvalue weighted by molar-refractivity contribution is 5.75. The lowest BCUT2D eigenvalue weighted by Gasteiger charge is -2.29. The Morgan fingerprint density at radius 1 is 0.509 bits per heavy atom. The van der Waals surface area contributed by atoms with Gasteiger partial charge in [-0.15, -0.1) is 0 Å². The molecule has 0 aliphatic rings. The molecule has 0 rings (SSSR count). The van der Waals surface area contributed by atoms with Gasteiger partial charge in [-0.25, -0.2) is 0 Å². The van der Waals surface area contributed by atoms with Gasteiger partial charge in [-0.2, -0.15) is 0 Å². The first-order chi connectivity index (χ1) is 27.9. The minimum Gasteiger partial charge on any atom is -0.466 e. The quantitative estimate of drug-likeness (QED) is 0.0465. The van der Waals surface area contributed by atoms with Gasteiger partial charge in [0.15, 0.2) is 0 Å². The van der Waals surface area contributed by atoms with E-state index in [2.05, 4.69) is 37.9 Å². The molecule has 1 amide bonds. The molecule has 1 atom stereocenters. The zero-order valence-electron chi connectivity index (χ0n) is 38.5. The van der Waals surface area contributed by atoms with E-state index in [1.54, 1.807) is 0 Å². The van der Waals surface area contributed by atoms with Gasteiger partial charge in [-0.1, -0.05) is 162 Å². The third-order valence-corrected chi connectivity index (χ3v) is 11.5. The third-order valence-electron chi connectivity index (χ3n) is 11.5. The van der Waals surface area contributed by atoms with E-state index in [-0.39, 0.29) is 30.0 Å². The van der Waals surface area contributed by atoms with Crippen molar-refractivity contribution < 1.29 is 23.9 Å². The van der Waals surface area contributed by atoms with Gasteiger partial charge in [-0.05, 0) is 90.8 Å². The molecule has 0 saturated carbocycles. The molecule has 8 heteroatoms. The fourth-order valence-corrected chi connectivity index (χ4v) is 7.65. The predicted octanol–water partition coefficient (Wildman–Crippen LogP) is 12.9. The summed E-state index contributed by atoms with van der Waals surface area (Å²) in [5.74, 6) is 0.00905. The van der Waals surface area contributed by atoms with Gasteiger partial charge in [-0.3, -0.25) is 19.3 Å². The van der Waals surface area contributed by atoms with Crippen LogP contribution < -0.4 is 11.1 Å². The summed E-state index contributed by atoms with van der Waals surface area (Å²) in [5, 5.41) is 3.10. The maximum Gasteiger partial charge on any atom is 0.306 e. The van der Waals surface area contributed by atoms with Gasteiger partial charge in [0.05, 0.1) is 6.61 Å². The Balaban J connectivity index is 4.49. The number of unbranched alkanes of at least 4 members (excludes halogenated alkanes) is 24. The smallest absolute Gasteiger partial charge is 0.306 e. The van der Waals surface area contributed by atoms with E-state index < -0.39 is 0 Å². The molecule has 0 aromatic heterocycles. The molecule has 0 heterocycles. The van der Waals surface area contributed by atoms with Crippen LogP contribution in [0, 0.1) is 0 Å². The van der Waals surface area contributed by atoms with Crippen molar-refractivity contribution in [2.24, 2.45) is 5.73 Å². The number of hydrogen-bond acceptors (Lipinski definition) is 7. The number of nitrogens with two attached hydrogens (primary N) is 1. The maximum absolute atomic E-state index is 12.8. The van der Waals surface area contributed by atoms with Crippen molar-refractivity contribution in [2.75, 3.05) is 32.8 Å². The first-order valence-corrected chi connectivity index (χ1v) is 24.9.